The van der Waals surface area contributed by atoms with Crippen molar-refractivity contribution in [3.8, 4) is 11.5 Å². The molecule has 176 valence electrons. The second-order valence-electron chi connectivity index (χ2n) is 7.52. The number of aryl methyl sites for hydroxylation is 1. The van der Waals surface area contributed by atoms with Gasteiger partial charge in [-0.05, 0) is 77.8 Å². The minimum Gasteiger partial charge on any atom is -0.508 e. The van der Waals surface area contributed by atoms with E-state index in [0.29, 0.717) is 12.8 Å². The van der Waals surface area contributed by atoms with Gasteiger partial charge in [-0.15, -0.1) is 0 Å². The molecule has 0 unspecified atom stereocenters. The van der Waals surface area contributed by atoms with E-state index in [1.54, 1.807) is 36.4 Å². The Labute approximate surface area is 186 Å². The highest BCUT2D eigenvalue weighted by Crippen LogP contribution is 2.67. The molecule has 0 aliphatic heterocycles. The van der Waals surface area contributed by atoms with Crippen LogP contribution in [-0.4, -0.2) is 34.8 Å². The Morgan fingerprint density at radius 1 is 0.844 bits per heavy atom. The van der Waals surface area contributed by atoms with E-state index in [2.05, 4.69) is 0 Å². The highest BCUT2D eigenvalue weighted by Gasteiger charge is 2.56. The lowest BCUT2D eigenvalue weighted by atomic mass is 9.90. The zero-order valence-corrected chi connectivity index (χ0v) is 19.6. The van der Waals surface area contributed by atoms with Crippen LogP contribution in [-0.2, 0) is 15.6 Å². The molecule has 2 rings (SSSR count). The molecule has 0 heterocycles. The molecule has 2 aromatic rings. The molecule has 2 aromatic carbocycles. The number of nitrogens with two attached hydrogens (primary N) is 1. The topological polar surface area (TPSA) is 182 Å². The summed E-state index contributed by atoms with van der Waals surface area (Å²) in [4.78, 5) is 37.8. The molecule has 0 saturated carbocycles. The minimum atomic E-state index is -5.36. The Morgan fingerprint density at radius 2 is 1.31 bits per heavy atom. The van der Waals surface area contributed by atoms with Gasteiger partial charge in [0.1, 0.15) is 11.5 Å². The Morgan fingerprint density at radius 3 is 1.78 bits per heavy atom. The van der Waals surface area contributed by atoms with Crippen LogP contribution in [0.15, 0.2) is 42.5 Å². The van der Waals surface area contributed by atoms with Gasteiger partial charge in [-0.3, -0.25) is 9.13 Å². The summed E-state index contributed by atoms with van der Waals surface area (Å²) < 4.78 is 23.5. The fraction of sp³-hybridized carbons (Fsp3) is 0.333. The molecule has 9 nitrogen and oxygen atoms in total. The van der Waals surface area contributed by atoms with Crippen LogP contribution in [0.25, 0.3) is 11.1 Å². The van der Waals surface area contributed by atoms with Crippen LogP contribution in [0, 0.1) is 0 Å². The standard InChI is InChI=1S/C21H29NO8P2/c1-3-18(14-5-8-17(23)9-6-14)19(4-2)15-7-10-20(24)16(13-15)11-12-21(22,31(25,26)27)32(28,29)30/h5-10,13,23-24H,3-4,11-12,22H2,1-2H3,(H2,25,26,27)(H2,28,29,30)/b19-18+. The third kappa shape index (κ3) is 5.50. The fourth-order valence-corrected chi connectivity index (χ4v) is 5.76. The van der Waals surface area contributed by atoms with Gasteiger partial charge >= 0.3 is 15.2 Å². The van der Waals surface area contributed by atoms with Crippen LogP contribution in [0.2, 0.25) is 0 Å². The number of rotatable bonds is 9. The number of phenols is 2. The lowest BCUT2D eigenvalue weighted by molar-refractivity contribution is 0.302. The maximum Gasteiger partial charge on any atom is 0.357 e. The minimum absolute atomic E-state index is 0.148. The normalized spacial score (nSPS) is 13.7. The van der Waals surface area contributed by atoms with Gasteiger partial charge in [0, 0.05) is 0 Å². The molecule has 8 N–H and O–H groups in total. The van der Waals surface area contributed by atoms with Gasteiger partial charge in [0.25, 0.3) is 0 Å². The molecule has 0 bridgehead atoms. The molecular formula is C21H29NO8P2. The molecular weight excluding hydrogens is 456 g/mol. The Bertz CT molecular complexity index is 1060. The molecule has 0 fully saturated rings. The van der Waals surface area contributed by atoms with Crippen molar-refractivity contribution in [1.29, 1.82) is 0 Å². The summed E-state index contributed by atoms with van der Waals surface area (Å²) in [5, 5.41) is 16.8. The second-order valence-corrected chi connectivity index (χ2v) is 11.6. The lowest BCUT2D eigenvalue weighted by Crippen LogP contribution is -2.39. The first-order valence-corrected chi connectivity index (χ1v) is 13.2. The van der Waals surface area contributed by atoms with E-state index in [0.717, 1.165) is 22.3 Å². The number of aromatic hydroxyl groups is 2. The van der Waals surface area contributed by atoms with Crippen molar-refractivity contribution in [2.75, 3.05) is 0 Å². The summed E-state index contributed by atoms with van der Waals surface area (Å²) >= 11 is 0. The van der Waals surface area contributed by atoms with Crippen LogP contribution >= 0.6 is 15.2 Å². The monoisotopic (exact) mass is 485 g/mol. The van der Waals surface area contributed by atoms with Crippen LogP contribution < -0.4 is 5.73 Å². The van der Waals surface area contributed by atoms with E-state index in [-0.39, 0.29) is 23.5 Å². The van der Waals surface area contributed by atoms with Crippen molar-refractivity contribution >= 4 is 26.3 Å². The highest BCUT2D eigenvalue weighted by atomic mass is 31.2. The molecule has 0 radical (unpaired) electrons. The SMILES string of the molecule is CC/C(=C(/CC)c1ccc(O)c(CCC(N)(P(=O)(O)O)P(=O)(O)O)c1)c1ccc(O)cc1. The average molecular weight is 485 g/mol. The van der Waals surface area contributed by atoms with Crippen LogP contribution in [0.4, 0.5) is 0 Å². The van der Waals surface area contributed by atoms with Crippen molar-refractivity contribution in [2.45, 2.75) is 44.6 Å². The molecule has 0 amide bonds. The first kappa shape index (κ1) is 26.3. The molecule has 11 heteroatoms. The Balaban J connectivity index is 2.50. The average Bonchev–Trinajstić information content (AvgIpc) is 2.70. The molecule has 0 aliphatic carbocycles. The number of phenolic OH excluding ortho intramolecular Hbond substituents is 2. The zero-order valence-electron chi connectivity index (χ0n) is 17.8. The molecule has 0 aromatic heterocycles. The van der Waals surface area contributed by atoms with Crippen molar-refractivity contribution in [3.63, 3.8) is 0 Å². The van der Waals surface area contributed by atoms with Crippen molar-refractivity contribution in [1.82, 2.24) is 0 Å². The molecule has 32 heavy (non-hydrogen) atoms. The summed E-state index contributed by atoms with van der Waals surface area (Å²) in [5.41, 5.74) is 9.40. The molecule has 0 spiro atoms. The first-order chi connectivity index (χ1) is 14.7. The Hall–Kier alpha value is -1.96. The van der Waals surface area contributed by atoms with Gasteiger partial charge in [-0.1, -0.05) is 32.0 Å². The summed E-state index contributed by atoms with van der Waals surface area (Å²) in [6, 6.07) is 11.5. The summed E-state index contributed by atoms with van der Waals surface area (Å²) in [7, 11) is -10.7. The maximum absolute atomic E-state index is 11.7. The molecule has 0 aliphatic rings. The van der Waals surface area contributed by atoms with Crippen LogP contribution in [0.3, 0.4) is 0 Å². The predicted octanol–water partition coefficient (Wildman–Crippen LogP) is 3.73. The van der Waals surface area contributed by atoms with Gasteiger partial charge in [0.15, 0.2) is 0 Å². The van der Waals surface area contributed by atoms with E-state index in [4.69, 9.17) is 5.73 Å². The zero-order chi connectivity index (χ0) is 24.3. The summed E-state index contributed by atoms with van der Waals surface area (Å²) in [6.45, 7) is 3.95. The number of benzene rings is 2. The van der Waals surface area contributed by atoms with E-state index in [1.165, 1.54) is 6.07 Å². The van der Waals surface area contributed by atoms with Crippen molar-refractivity contribution in [2.24, 2.45) is 5.73 Å². The van der Waals surface area contributed by atoms with Gasteiger partial charge in [0.05, 0.1) is 0 Å². The largest absolute Gasteiger partial charge is 0.508 e. The van der Waals surface area contributed by atoms with Crippen LogP contribution in [0.1, 0.15) is 49.8 Å². The first-order valence-electron chi connectivity index (χ1n) is 9.99. The lowest BCUT2D eigenvalue weighted by Gasteiger charge is -2.30. The van der Waals surface area contributed by atoms with E-state index >= 15 is 0 Å². The third-order valence-corrected chi connectivity index (χ3v) is 9.51. The Kier molecular flexibility index (Phi) is 8.13. The van der Waals surface area contributed by atoms with E-state index in [9.17, 15) is 38.9 Å². The van der Waals surface area contributed by atoms with Crippen molar-refractivity contribution < 1.29 is 38.9 Å². The molecule has 0 saturated heterocycles. The fourth-order valence-electron chi connectivity index (χ4n) is 3.60. The number of hydrogen-bond donors (Lipinski definition) is 7. The van der Waals surface area contributed by atoms with Gasteiger partial charge in [-0.25, -0.2) is 0 Å². The van der Waals surface area contributed by atoms with Gasteiger partial charge in [-0.2, -0.15) is 0 Å². The summed E-state index contributed by atoms with van der Waals surface area (Å²) in [6.07, 6.45) is 0.332. The second kappa shape index (κ2) is 9.89. The maximum atomic E-state index is 11.7. The van der Waals surface area contributed by atoms with Gasteiger partial charge < -0.3 is 35.5 Å². The predicted molar refractivity (Wildman–Crippen MR) is 123 cm³/mol. The van der Waals surface area contributed by atoms with E-state index < -0.39 is 26.6 Å². The number of hydrogen-bond acceptors (Lipinski definition) is 5. The smallest absolute Gasteiger partial charge is 0.357 e. The molecule has 0 atom stereocenters. The highest BCUT2D eigenvalue weighted by molar-refractivity contribution is 7.72. The summed E-state index contributed by atoms with van der Waals surface area (Å²) in [5.74, 6) is -0.0276. The van der Waals surface area contributed by atoms with E-state index in [1.807, 2.05) is 13.8 Å². The van der Waals surface area contributed by atoms with Crippen molar-refractivity contribution in [3.05, 3.63) is 59.2 Å². The quantitative estimate of drug-likeness (QED) is 0.206. The van der Waals surface area contributed by atoms with Gasteiger partial charge in [0.2, 0.25) is 5.02 Å². The van der Waals surface area contributed by atoms with Crippen LogP contribution in [0.5, 0.6) is 11.5 Å². The third-order valence-electron chi connectivity index (χ3n) is 5.49. The number of allylic oxidation sites excluding steroid dienone is 2.